The molecule has 17 heavy (non-hydrogen) atoms. The van der Waals surface area contributed by atoms with Gasteiger partial charge in [-0.3, -0.25) is 0 Å². The Balaban J connectivity index is 2.46. The van der Waals surface area contributed by atoms with Crippen LogP contribution in [0.25, 0.3) is 0 Å². The van der Waals surface area contributed by atoms with Gasteiger partial charge in [-0.25, -0.2) is 4.39 Å². The molecule has 1 rings (SSSR count). The molecule has 0 radical (unpaired) electrons. The summed E-state index contributed by atoms with van der Waals surface area (Å²) in [5.41, 5.74) is 0.545. The van der Waals surface area contributed by atoms with Crippen LogP contribution in [0.3, 0.4) is 0 Å². The van der Waals surface area contributed by atoms with E-state index in [0.29, 0.717) is 18.0 Å². The third-order valence-corrected chi connectivity index (χ3v) is 3.16. The molecule has 0 saturated heterocycles. The van der Waals surface area contributed by atoms with Crippen LogP contribution in [0, 0.1) is 11.7 Å². The summed E-state index contributed by atoms with van der Waals surface area (Å²) in [5.74, 6) is 0.0781. The summed E-state index contributed by atoms with van der Waals surface area (Å²) in [6.07, 6.45) is 0.393. The van der Waals surface area contributed by atoms with E-state index in [0.717, 1.165) is 13.0 Å². The quantitative estimate of drug-likeness (QED) is 0.823. The van der Waals surface area contributed by atoms with Crippen LogP contribution in [0.4, 0.5) is 4.39 Å². The number of benzene rings is 1. The number of nitrogens with one attached hydrogen (secondary N) is 1. The van der Waals surface area contributed by atoms with Crippen LogP contribution in [0.15, 0.2) is 18.2 Å². The van der Waals surface area contributed by atoms with Crippen molar-refractivity contribution in [2.24, 2.45) is 5.92 Å². The van der Waals surface area contributed by atoms with Crippen LogP contribution in [0.5, 0.6) is 0 Å². The highest BCUT2D eigenvalue weighted by molar-refractivity contribution is 6.30. The zero-order chi connectivity index (χ0) is 12.8. The van der Waals surface area contributed by atoms with E-state index < -0.39 is 11.9 Å². The first-order valence-electron chi connectivity index (χ1n) is 5.88. The van der Waals surface area contributed by atoms with Crippen LogP contribution in [-0.2, 0) is 0 Å². The highest BCUT2D eigenvalue weighted by Gasteiger charge is 2.10. The zero-order valence-electron chi connectivity index (χ0n) is 10.2. The first kappa shape index (κ1) is 14.4. The normalized spacial score (nSPS) is 14.6. The van der Waals surface area contributed by atoms with Crippen molar-refractivity contribution < 1.29 is 9.50 Å². The van der Waals surface area contributed by atoms with Gasteiger partial charge in [-0.2, -0.15) is 0 Å². The largest absolute Gasteiger partial charge is 0.387 e. The van der Waals surface area contributed by atoms with Gasteiger partial charge in [0.1, 0.15) is 5.82 Å². The molecule has 0 aliphatic heterocycles. The van der Waals surface area contributed by atoms with Crippen molar-refractivity contribution in [3.05, 3.63) is 34.6 Å². The molecule has 2 atom stereocenters. The van der Waals surface area contributed by atoms with Gasteiger partial charge >= 0.3 is 0 Å². The zero-order valence-corrected chi connectivity index (χ0v) is 11.0. The van der Waals surface area contributed by atoms with Crippen molar-refractivity contribution >= 4 is 11.6 Å². The van der Waals surface area contributed by atoms with Crippen molar-refractivity contribution in [2.75, 3.05) is 13.1 Å². The number of halogens is 2. The average molecular weight is 260 g/mol. The molecule has 2 N–H and O–H groups in total. The van der Waals surface area contributed by atoms with E-state index in [2.05, 4.69) is 19.2 Å². The molecule has 2 unspecified atom stereocenters. The summed E-state index contributed by atoms with van der Waals surface area (Å²) in [6, 6.07) is 4.38. The fourth-order valence-corrected chi connectivity index (χ4v) is 1.57. The first-order valence-corrected chi connectivity index (χ1v) is 6.26. The monoisotopic (exact) mass is 259 g/mol. The lowest BCUT2D eigenvalue weighted by Gasteiger charge is -2.15. The maximum atomic E-state index is 13.2. The molecule has 0 aromatic heterocycles. The molecule has 96 valence electrons. The number of rotatable bonds is 6. The van der Waals surface area contributed by atoms with E-state index in [9.17, 15) is 9.50 Å². The van der Waals surface area contributed by atoms with Crippen molar-refractivity contribution in [2.45, 2.75) is 26.4 Å². The van der Waals surface area contributed by atoms with Gasteiger partial charge in [0.25, 0.3) is 0 Å². The van der Waals surface area contributed by atoms with E-state index in [-0.39, 0.29) is 5.02 Å². The van der Waals surface area contributed by atoms with Crippen molar-refractivity contribution in [3.63, 3.8) is 0 Å². The Labute approximate surface area is 107 Å². The van der Waals surface area contributed by atoms with Crippen LogP contribution in [0.1, 0.15) is 31.9 Å². The van der Waals surface area contributed by atoms with Gasteiger partial charge < -0.3 is 10.4 Å². The second-order valence-corrected chi connectivity index (χ2v) is 4.77. The summed E-state index contributed by atoms with van der Waals surface area (Å²) in [6.45, 7) is 5.54. The molecule has 0 heterocycles. The Morgan fingerprint density at radius 1 is 1.41 bits per heavy atom. The maximum Gasteiger partial charge on any atom is 0.142 e. The minimum atomic E-state index is -0.703. The summed E-state index contributed by atoms with van der Waals surface area (Å²) < 4.78 is 13.2. The summed E-state index contributed by atoms with van der Waals surface area (Å²) >= 11 is 5.58. The minimum Gasteiger partial charge on any atom is -0.387 e. The number of hydrogen-bond donors (Lipinski definition) is 2. The molecule has 0 aliphatic carbocycles. The molecule has 0 spiro atoms. The SMILES string of the molecule is CCC(C)CNCC(O)c1ccc(Cl)c(F)c1. The molecule has 0 fully saturated rings. The molecular formula is C13H19ClFNO. The van der Waals surface area contributed by atoms with Crippen molar-refractivity contribution in [1.82, 2.24) is 5.32 Å². The Morgan fingerprint density at radius 3 is 2.71 bits per heavy atom. The Kier molecular flexibility index (Phi) is 5.89. The first-order chi connectivity index (χ1) is 8.04. The van der Waals surface area contributed by atoms with E-state index in [1.54, 1.807) is 6.07 Å². The summed E-state index contributed by atoms with van der Waals surface area (Å²) in [5, 5.41) is 13.1. The predicted octanol–water partition coefficient (Wildman–Crippen LogP) is 3.15. The average Bonchev–Trinajstić information content (AvgIpc) is 2.32. The van der Waals surface area contributed by atoms with E-state index >= 15 is 0 Å². The van der Waals surface area contributed by atoms with Gasteiger partial charge in [0, 0.05) is 6.54 Å². The lowest BCUT2D eigenvalue weighted by atomic mass is 10.1. The highest BCUT2D eigenvalue weighted by Crippen LogP contribution is 2.19. The van der Waals surface area contributed by atoms with Crippen molar-refractivity contribution in [1.29, 1.82) is 0 Å². The second-order valence-electron chi connectivity index (χ2n) is 4.36. The molecule has 0 amide bonds. The Bertz CT molecular complexity index is 359. The molecule has 2 nitrogen and oxygen atoms in total. The molecular weight excluding hydrogens is 241 g/mol. The molecule has 1 aromatic carbocycles. The molecule has 0 aliphatic rings. The lowest BCUT2D eigenvalue weighted by molar-refractivity contribution is 0.172. The second kappa shape index (κ2) is 6.94. The maximum absolute atomic E-state index is 13.2. The number of hydrogen-bond acceptors (Lipinski definition) is 2. The van der Waals surface area contributed by atoms with E-state index in [1.807, 2.05) is 0 Å². The predicted molar refractivity (Wildman–Crippen MR) is 68.7 cm³/mol. The van der Waals surface area contributed by atoms with Crippen LogP contribution >= 0.6 is 11.6 Å². The van der Waals surface area contributed by atoms with Crippen molar-refractivity contribution in [3.8, 4) is 0 Å². The van der Waals surface area contributed by atoms with E-state index in [1.165, 1.54) is 12.1 Å². The Hall–Kier alpha value is -0.640. The summed E-state index contributed by atoms with van der Waals surface area (Å²) in [4.78, 5) is 0. The fourth-order valence-electron chi connectivity index (χ4n) is 1.45. The third-order valence-electron chi connectivity index (χ3n) is 2.86. The van der Waals surface area contributed by atoms with Gasteiger partial charge in [-0.15, -0.1) is 0 Å². The standard InChI is InChI=1S/C13H19ClFNO/c1-3-9(2)7-16-8-13(17)10-4-5-11(14)12(15)6-10/h4-6,9,13,16-17H,3,7-8H2,1-2H3. The summed E-state index contributed by atoms with van der Waals surface area (Å²) in [7, 11) is 0. The number of aliphatic hydroxyl groups is 1. The van der Waals surface area contributed by atoms with Crippen LogP contribution in [-0.4, -0.2) is 18.2 Å². The van der Waals surface area contributed by atoms with Crippen LogP contribution < -0.4 is 5.32 Å². The lowest BCUT2D eigenvalue weighted by Crippen LogP contribution is -2.26. The molecule has 1 aromatic rings. The van der Waals surface area contributed by atoms with Crippen LogP contribution in [0.2, 0.25) is 5.02 Å². The molecule has 4 heteroatoms. The van der Waals surface area contributed by atoms with Gasteiger partial charge in [0.15, 0.2) is 0 Å². The fraction of sp³-hybridized carbons (Fsp3) is 0.538. The molecule has 0 bridgehead atoms. The smallest absolute Gasteiger partial charge is 0.142 e. The van der Waals surface area contributed by atoms with E-state index in [4.69, 9.17) is 11.6 Å². The Morgan fingerprint density at radius 2 is 2.12 bits per heavy atom. The van der Waals surface area contributed by atoms with Gasteiger partial charge in [-0.05, 0) is 30.2 Å². The molecule has 0 saturated carbocycles. The third kappa shape index (κ3) is 4.62. The minimum absolute atomic E-state index is 0.0773. The van der Waals surface area contributed by atoms with Gasteiger partial charge in [0.2, 0.25) is 0 Å². The van der Waals surface area contributed by atoms with Gasteiger partial charge in [0.05, 0.1) is 11.1 Å². The highest BCUT2D eigenvalue weighted by atomic mass is 35.5. The topological polar surface area (TPSA) is 32.3 Å². The number of aliphatic hydroxyl groups excluding tert-OH is 1. The van der Waals surface area contributed by atoms with Gasteiger partial charge in [-0.1, -0.05) is 37.9 Å².